The van der Waals surface area contributed by atoms with Gasteiger partial charge < -0.3 is 4.74 Å². The van der Waals surface area contributed by atoms with Gasteiger partial charge in [0.05, 0.1) is 0 Å². The molecular formula is C16H11BrFN3O2S. The Kier molecular flexibility index (Phi) is 4.86. The van der Waals surface area contributed by atoms with Crippen molar-refractivity contribution in [3.63, 3.8) is 0 Å². The monoisotopic (exact) mass is 407 g/mol. The lowest BCUT2D eigenvalue weighted by atomic mass is 10.2. The van der Waals surface area contributed by atoms with Gasteiger partial charge in [0.15, 0.2) is 11.6 Å². The minimum atomic E-state index is -0.626. The Morgan fingerprint density at radius 2 is 1.96 bits per heavy atom. The zero-order chi connectivity index (χ0) is 17.1. The van der Waals surface area contributed by atoms with Gasteiger partial charge in [0, 0.05) is 10.0 Å². The summed E-state index contributed by atoms with van der Waals surface area (Å²) >= 11 is 4.56. The van der Waals surface area contributed by atoms with Crippen LogP contribution in [0.2, 0.25) is 0 Å². The Morgan fingerprint density at radius 3 is 2.58 bits per heavy atom. The van der Waals surface area contributed by atoms with Gasteiger partial charge in [-0.25, -0.2) is 4.39 Å². The van der Waals surface area contributed by atoms with Crippen LogP contribution < -0.4 is 10.1 Å². The van der Waals surface area contributed by atoms with Gasteiger partial charge in [-0.15, -0.1) is 10.2 Å². The van der Waals surface area contributed by atoms with Gasteiger partial charge in [0.2, 0.25) is 5.13 Å². The van der Waals surface area contributed by atoms with Crippen molar-refractivity contribution >= 4 is 38.3 Å². The molecule has 122 valence electrons. The maximum Gasteiger partial charge on any atom is 0.257 e. The van der Waals surface area contributed by atoms with Crippen molar-refractivity contribution in [1.82, 2.24) is 10.2 Å². The summed E-state index contributed by atoms with van der Waals surface area (Å²) in [7, 11) is 0. The molecular weight excluding hydrogens is 397 g/mol. The fourth-order valence-corrected chi connectivity index (χ4v) is 2.72. The number of halogens is 2. The lowest BCUT2D eigenvalue weighted by Crippen LogP contribution is -2.12. The molecule has 0 saturated carbocycles. The van der Waals surface area contributed by atoms with E-state index in [0.717, 1.165) is 15.5 Å². The molecule has 3 aromatic rings. The van der Waals surface area contributed by atoms with Crippen molar-refractivity contribution < 1.29 is 13.9 Å². The number of carbonyl (C=O) groups is 1. The summed E-state index contributed by atoms with van der Waals surface area (Å²) in [5, 5.41) is 11.3. The quantitative estimate of drug-likeness (QED) is 0.674. The van der Waals surface area contributed by atoms with E-state index >= 15 is 0 Å². The van der Waals surface area contributed by atoms with E-state index in [4.69, 9.17) is 4.74 Å². The smallest absolute Gasteiger partial charge is 0.257 e. The molecule has 24 heavy (non-hydrogen) atoms. The molecule has 0 aliphatic carbocycles. The number of aryl methyl sites for hydroxylation is 1. The van der Waals surface area contributed by atoms with Crippen molar-refractivity contribution in [2.24, 2.45) is 0 Å². The van der Waals surface area contributed by atoms with Crippen LogP contribution in [0.4, 0.5) is 9.52 Å². The number of nitrogens with one attached hydrogen (secondary N) is 1. The number of aromatic nitrogens is 2. The van der Waals surface area contributed by atoms with Crippen LogP contribution in [0.15, 0.2) is 46.9 Å². The molecule has 0 aliphatic heterocycles. The predicted molar refractivity (Wildman–Crippen MR) is 93.2 cm³/mol. The zero-order valence-corrected chi connectivity index (χ0v) is 14.8. The first-order valence-corrected chi connectivity index (χ1v) is 8.46. The van der Waals surface area contributed by atoms with Crippen LogP contribution in [-0.2, 0) is 0 Å². The summed E-state index contributed by atoms with van der Waals surface area (Å²) in [4.78, 5) is 12.1. The number of anilines is 1. The number of amides is 1. The van der Waals surface area contributed by atoms with E-state index in [1.54, 1.807) is 31.2 Å². The third-order valence-electron chi connectivity index (χ3n) is 2.98. The molecule has 0 spiro atoms. The van der Waals surface area contributed by atoms with Crippen LogP contribution in [0.1, 0.15) is 15.4 Å². The van der Waals surface area contributed by atoms with Crippen molar-refractivity contribution in [2.75, 3.05) is 5.32 Å². The first kappa shape index (κ1) is 16.5. The van der Waals surface area contributed by atoms with E-state index in [9.17, 15) is 9.18 Å². The lowest BCUT2D eigenvalue weighted by Gasteiger charge is -2.08. The molecule has 0 radical (unpaired) electrons. The zero-order valence-electron chi connectivity index (χ0n) is 12.4. The maximum absolute atomic E-state index is 14.2. The molecule has 1 amide bonds. The fraction of sp³-hybridized carbons (Fsp3) is 0.0625. The van der Waals surface area contributed by atoms with Crippen LogP contribution in [-0.4, -0.2) is 16.1 Å². The largest absolute Gasteiger partial charge is 0.454 e. The molecule has 0 saturated heterocycles. The minimum absolute atomic E-state index is 0.0423. The van der Waals surface area contributed by atoms with Crippen LogP contribution in [0.5, 0.6) is 11.5 Å². The summed E-state index contributed by atoms with van der Waals surface area (Å²) in [6.45, 7) is 1.78. The highest BCUT2D eigenvalue weighted by Crippen LogP contribution is 2.26. The van der Waals surface area contributed by atoms with E-state index in [0.29, 0.717) is 10.9 Å². The van der Waals surface area contributed by atoms with E-state index < -0.39 is 11.7 Å². The number of hydrogen-bond acceptors (Lipinski definition) is 5. The van der Waals surface area contributed by atoms with Crippen LogP contribution >= 0.6 is 27.3 Å². The lowest BCUT2D eigenvalue weighted by molar-refractivity contribution is 0.102. The standard InChI is InChI=1S/C16H11BrFN3O2S/c1-9-20-21-16(24-9)19-15(22)10-2-7-14(13(18)8-10)23-12-5-3-11(17)4-6-12/h2-8H,1H3,(H,19,21,22). The third kappa shape index (κ3) is 3.95. The number of benzene rings is 2. The van der Waals surface area contributed by atoms with E-state index in [1.165, 1.54) is 23.5 Å². The van der Waals surface area contributed by atoms with Gasteiger partial charge in [-0.3, -0.25) is 10.1 Å². The summed E-state index contributed by atoms with van der Waals surface area (Å²) in [6.07, 6.45) is 0. The molecule has 0 unspecified atom stereocenters. The molecule has 0 fully saturated rings. The van der Waals surface area contributed by atoms with Crippen molar-refractivity contribution in [3.8, 4) is 11.5 Å². The van der Waals surface area contributed by atoms with Gasteiger partial charge in [-0.1, -0.05) is 27.3 Å². The summed E-state index contributed by atoms with van der Waals surface area (Å²) in [5.41, 5.74) is 0.170. The highest BCUT2D eigenvalue weighted by molar-refractivity contribution is 9.10. The van der Waals surface area contributed by atoms with E-state index in [1.807, 2.05) is 0 Å². The van der Waals surface area contributed by atoms with Crippen LogP contribution in [0, 0.1) is 12.7 Å². The highest BCUT2D eigenvalue weighted by Gasteiger charge is 2.13. The molecule has 1 N–H and O–H groups in total. The summed E-state index contributed by atoms with van der Waals surface area (Å²) in [6, 6.07) is 11.0. The normalized spacial score (nSPS) is 10.5. The molecule has 5 nitrogen and oxygen atoms in total. The predicted octanol–water partition coefficient (Wildman–Crippen LogP) is 4.79. The summed E-state index contributed by atoms with van der Waals surface area (Å²) < 4.78 is 20.5. The Balaban J connectivity index is 1.74. The Hall–Kier alpha value is -2.32. The first-order chi connectivity index (χ1) is 11.5. The molecule has 1 aromatic heterocycles. The van der Waals surface area contributed by atoms with Crippen molar-refractivity contribution in [1.29, 1.82) is 0 Å². The minimum Gasteiger partial charge on any atom is -0.454 e. The molecule has 1 heterocycles. The molecule has 8 heteroatoms. The number of rotatable bonds is 4. The number of nitrogens with zero attached hydrogens (tertiary/aromatic N) is 2. The third-order valence-corrected chi connectivity index (χ3v) is 4.26. The SMILES string of the molecule is Cc1nnc(NC(=O)c2ccc(Oc3ccc(Br)cc3)c(F)c2)s1. The maximum atomic E-state index is 14.2. The molecule has 3 rings (SSSR count). The van der Waals surface area contributed by atoms with Crippen molar-refractivity contribution in [2.45, 2.75) is 6.92 Å². The number of carbonyl (C=O) groups excluding carboxylic acids is 1. The topological polar surface area (TPSA) is 64.1 Å². The second-order valence-corrected chi connectivity index (χ2v) is 6.88. The van der Waals surface area contributed by atoms with Gasteiger partial charge >= 0.3 is 0 Å². The molecule has 0 bridgehead atoms. The highest BCUT2D eigenvalue weighted by atomic mass is 79.9. The van der Waals surface area contributed by atoms with Gasteiger partial charge in [-0.05, 0) is 49.4 Å². The first-order valence-electron chi connectivity index (χ1n) is 6.86. The Bertz CT molecular complexity index is 883. The van der Waals surface area contributed by atoms with Crippen LogP contribution in [0.25, 0.3) is 0 Å². The molecule has 2 aromatic carbocycles. The Labute approximate surface area is 149 Å². The number of ether oxygens (including phenoxy) is 1. The second kappa shape index (κ2) is 7.06. The second-order valence-electron chi connectivity index (χ2n) is 4.78. The molecule has 0 aliphatic rings. The van der Waals surface area contributed by atoms with Gasteiger partial charge in [0.25, 0.3) is 5.91 Å². The van der Waals surface area contributed by atoms with Crippen molar-refractivity contribution in [3.05, 3.63) is 63.3 Å². The fourth-order valence-electron chi connectivity index (χ4n) is 1.87. The van der Waals surface area contributed by atoms with Crippen LogP contribution in [0.3, 0.4) is 0 Å². The van der Waals surface area contributed by atoms with E-state index in [2.05, 4.69) is 31.4 Å². The summed E-state index contributed by atoms with van der Waals surface area (Å²) in [5.74, 6) is -0.543. The average molecular weight is 408 g/mol. The van der Waals surface area contributed by atoms with Gasteiger partial charge in [0.1, 0.15) is 10.8 Å². The molecule has 0 atom stereocenters. The van der Waals surface area contributed by atoms with E-state index in [-0.39, 0.29) is 11.3 Å². The Morgan fingerprint density at radius 1 is 1.21 bits per heavy atom. The average Bonchev–Trinajstić information content (AvgIpc) is 2.96. The number of hydrogen-bond donors (Lipinski definition) is 1. The van der Waals surface area contributed by atoms with Gasteiger partial charge in [-0.2, -0.15) is 0 Å².